The van der Waals surface area contributed by atoms with E-state index in [0.717, 1.165) is 57.6 Å². The molecule has 0 aliphatic carbocycles. The first-order valence-corrected chi connectivity index (χ1v) is 7.00. The number of pyridine rings is 1. The molecule has 1 fully saturated rings. The quantitative estimate of drug-likeness (QED) is 0.860. The van der Waals surface area contributed by atoms with E-state index in [0.29, 0.717) is 6.04 Å². The number of nitrogens with one attached hydrogen (secondary N) is 1. The molecule has 5 heteroatoms. The molecule has 106 valence electrons. The Kier molecular flexibility index (Phi) is 5.07. The Labute approximate surface area is 113 Å². The van der Waals surface area contributed by atoms with Gasteiger partial charge in [-0.15, -0.1) is 0 Å². The number of rotatable bonds is 6. The molecule has 19 heavy (non-hydrogen) atoms. The second kappa shape index (κ2) is 6.80. The molecule has 1 saturated heterocycles. The minimum atomic E-state index is -0.629. The molecule has 0 spiro atoms. The van der Waals surface area contributed by atoms with Gasteiger partial charge in [0.1, 0.15) is 5.82 Å². The lowest BCUT2D eigenvalue weighted by molar-refractivity contribution is 0.539. The highest BCUT2D eigenvalue weighted by atomic mass is 19.1. The Morgan fingerprint density at radius 3 is 2.95 bits per heavy atom. The van der Waals surface area contributed by atoms with Crippen LogP contribution in [0.5, 0.6) is 0 Å². The summed E-state index contributed by atoms with van der Waals surface area (Å²) in [6.45, 7) is 4.60. The molecular formula is C14H21F2N3. The maximum Gasteiger partial charge on any atom is 0.168 e. The first-order chi connectivity index (χ1) is 9.20. The van der Waals surface area contributed by atoms with Gasteiger partial charge in [0.05, 0.1) is 6.20 Å². The van der Waals surface area contributed by atoms with Crippen LogP contribution >= 0.6 is 0 Å². The minimum Gasteiger partial charge on any atom is -0.353 e. The van der Waals surface area contributed by atoms with Gasteiger partial charge in [-0.05, 0) is 25.8 Å². The fourth-order valence-electron chi connectivity index (χ4n) is 2.45. The average Bonchev–Trinajstić information content (AvgIpc) is 2.88. The first kappa shape index (κ1) is 14.2. The summed E-state index contributed by atoms with van der Waals surface area (Å²) in [6.07, 6.45) is 5.36. The van der Waals surface area contributed by atoms with Gasteiger partial charge in [0, 0.05) is 25.2 Å². The van der Waals surface area contributed by atoms with E-state index in [1.54, 1.807) is 0 Å². The molecule has 1 aliphatic heterocycles. The molecule has 0 aromatic carbocycles. The molecule has 1 aliphatic rings. The molecule has 1 atom stereocenters. The Morgan fingerprint density at radius 2 is 2.32 bits per heavy atom. The van der Waals surface area contributed by atoms with Crippen LogP contribution in [-0.2, 0) is 0 Å². The summed E-state index contributed by atoms with van der Waals surface area (Å²) >= 11 is 0. The van der Waals surface area contributed by atoms with Crippen LogP contribution in [0.15, 0.2) is 12.3 Å². The van der Waals surface area contributed by atoms with Crippen LogP contribution in [0, 0.1) is 11.6 Å². The van der Waals surface area contributed by atoms with E-state index in [2.05, 4.69) is 17.2 Å². The van der Waals surface area contributed by atoms with Crippen LogP contribution in [-0.4, -0.2) is 30.7 Å². The van der Waals surface area contributed by atoms with Crippen LogP contribution in [0.3, 0.4) is 0 Å². The van der Waals surface area contributed by atoms with Crippen LogP contribution in [0.2, 0.25) is 0 Å². The highest BCUT2D eigenvalue weighted by molar-refractivity contribution is 5.40. The molecule has 0 radical (unpaired) electrons. The highest BCUT2D eigenvalue weighted by Gasteiger charge is 2.20. The molecule has 1 aromatic heterocycles. The van der Waals surface area contributed by atoms with Crippen molar-refractivity contribution in [2.24, 2.45) is 0 Å². The number of halogens is 2. The van der Waals surface area contributed by atoms with Gasteiger partial charge in [-0.1, -0.05) is 13.3 Å². The summed E-state index contributed by atoms with van der Waals surface area (Å²) in [5.74, 6) is -0.937. The van der Waals surface area contributed by atoms with Crippen molar-refractivity contribution in [2.45, 2.75) is 38.6 Å². The smallest absolute Gasteiger partial charge is 0.168 e. The minimum absolute atomic E-state index is 0.267. The summed E-state index contributed by atoms with van der Waals surface area (Å²) in [5.41, 5.74) is 0. The van der Waals surface area contributed by atoms with Gasteiger partial charge in [0.2, 0.25) is 0 Å². The van der Waals surface area contributed by atoms with Crippen LogP contribution in [0.4, 0.5) is 14.6 Å². The monoisotopic (exact) mass is 269 g/mol. The highest BCUT2D eigenvalue weighted by Crippen LogP contribution is 2.19. The third-order valence-electron chi connectivity index (χ3n) is 3.47. The standard InChI is InChI=1S/C14H21F2N3/c1-2-3-7-19(10-12-5-4-6-17-12)14-13(16)8-11(15)9-18-14/h8-9,12,17H,2-7,10H2,1H3. The van der Waals surface area contributed by atoms with Crippen molar-refractivity contribution in [2.75, 3.05) is 24.5 Å². The van der Waals surface area contributed by atoms with Gasteiger partial charge < -0.3 is 10.2 Å². The third kappa shape index (κ3) is 3.86. The Morgan fingerprint density at radius 1 is 1.47 bits per heavy atom. The van der Waals surface area contributed by atoms with E-state index < -0.39 is 11.6 Å². The van der Waals surface area contributed by atoms with Crippen LogP contribution in [0.1, 0.15) is 32.6 Å². The van der Waals surface area contributed by atoms with Crippen molar-refractivity contribution < 1.29 is 8.78 Å². The molecular weight excluding hydrogens is 248 g/mol. The van der Waals surface area contributed by atoms with Crippen molar-refractivity contribution in [3.05, 3.63) is 23.9 Å². The largest absolute Gasteiger partial charge is 0.353 e. The van der Waals surface area contributed by atoms with E-state index in [9.17, 15) is 8.78 Å². The van der Waals surface area contributed by atoms with E-state index in [1.165, 1.54) is 0 Å². The van der Waals surface area contributed by atoms with Gasteiger partial charge in [0.25, 0.3) is 0 Å². The van der Waals surface area contributed by atoms with Crippen molar-refractivity contribution in [3.63, 3.8) is 0 Å². The van der Waals surface area contributed by atoms with E-state index in [-0.39, 0.29) is 5.82 Å². The lowest BCUT2D eigenvalue weighted by Gasteiger charge is -2.27. The zero-order valence-electron chi connectivity index (χ0n) is 11.3. The summed E-state index contributed by atoms with van der Waals surface area (Å²) in [5, 5.41) is 3.40. The van der Waals surface area contributed by atoms with Gasteiger partial charge in [-0.2, -0.15) is 0 Å². The summed E-state index contributed by atoms with van der Waals surface area (Å²) in [7, 11) is 0. The fraction of sp³-hybridized carbons (Fsp3) is 0.643. The lowest BCUT2D eigenvalue weighted by atomic mass is 10.2. The maximum atomic E-state index is 13.8. The average molecular weight is 269 g/mol. The number of hydrogen-bond donors (Lipinski definition) is 1. The third-order valence-corrected chi connectivity index (χ3v) is 3.47. The van der Waals surface area contributed by atoms with Gasteiger partial charge in [-0.25, -0.2) is 13.8 Å². The van der Waals surface area contributed by atoms with Crippen molar-refractivity contribution in [1.82, 2.24) is 10.3 Å². The van der Waals surface area contributed by atoms with Gasteiger partial charge in [0.15, 0.2) is 11.6 Å². The molecule has 1 N–H and O–H groups in total. The predicted octanol–water partition coefficient (Wildman–Crippen LogP) is 2.72. The predicted molar refractivity (Wildman–Crippen MR) is 72.3 cm³/mol. The normalized spacial score (nSPS) is 18.8. The molecule has 0 saturated carbocycles. The Bertz CT molecular complexity index is 406. The van der Waals surface area contributed by atoms with Gasteiger partial charge >= 0.3 is 0 Å². The van der Waals surface area contributed by atoms with Crippen molar-refractivity contribution >= 4 is 5.82 Å². The number of hydrogen-bond acceptors (Lipinski definition) is 3. The summed E-state index contributed by atoms with van der Waals surface area (Å²) in [4.78, 5) is 5.85. The number of aromatic nitrogens is 1. The fourth-order valence-corrected chi connectivity index (χ4v) is 2.45. The second-order valence-corrected chi connectivity index (χ2v) is 5.05. The van der Waals surface area contributed by atoms with E-state index >= 15 is 0 Å². The molecule has 2 heterocycles. The molecule has 0 amide bonds. The number of unbranched alkanes of at least 4 members (excludes halogenated alkanes) is 1. The maximum absolute atomic E-state index is 13.8. The van der Waals surface area contributed by atoms with Crippen molar-refractivity contribution in [3.8, 4) is 0 Å². The second-order valence-electron chi connectivity index (χ2n) is 5.05. The lowest BCUT2D eigenvalue weighted by Crippen LogP contribution is -2.39. The zero-order chi connectivity index (χ0) is 13.7. The van der Waals surface area contributed by atoms with Crippen LogP contribution in [0.25, 0.3) is 0 Å². The van der Waals surface area contributed by atoms with Crippen molar-refractivity contribution in [1.29, 1.82) is 0 Å². The van der Waals surface area contributed by atoms with E-state index in [4.69, 9.17) is 0 Å². The molecule has 1 aromatic rings. The molecule has 3 nitrogen and oxygen atoms in total. The van der Waals surface area contributed by atoms with Gasteiger partial charge in [-0.3, -0.25) is 0 Å². The zero-order valence-corrected chi connectivity index (χ0v) is 11.3. The topological polar surface area (TPSA) is 28.2 Å². The Hall–Kier alpha value is -1.23. The summed E-state index contributed by atoms with van der Waals surface area (Å²) < 4.78 is 26.8. The first-order valence-electron chi connectivity index (χ1n) is 7.00. The molecule has 0 bridgehead atoms. The van der Waals surface area contributed by atoms with E-state index in [1.807, 2.05) is 4.90 Å². The Balaban J connectivity index is 2.10. The summed E-state index contributed by atoms with van der Waals surface area (Å²) in [6, 6.07) is 1.28. The molecule has 1 unspecified atom stereocenters. The van der Waals surface area contributed by atoms with Crippen LogP contribution < -0.4 is 10.2 Å². The molecule has 2 rings (SSSR count). The SMILES string of the molecule is CCCCN(CC1CCCN1)c1ncc(F)cc1F. The number of nitrogens with zero attached hydrogens (tertiary/aromatic N) is 2. The number of anilines is 1.